The molecule has 1 saturated carbocycles. The van der Waals surface area contributed by atoms with Crippen LogP contribution in [-0.4, -0.2) is 33.9 Å². The number of hydrogen-bond donors (Lipinski definition) is 1. The fourth-order valence-corrected chi connectivity index (χ4v) is 2.85. The van der Waals surface area contributed by atoms with Crippen LogP contribution in [0.4, 0.5) is 0 Å². The summed E-state index contributed by atoms with van der Waals surface area (Å²) >= 11 is 5.98. The number of fused-ring (bicyclic) bond motifs is 1. The summed E-state index contributed by atoms with van der Waals surface area (Å²) in [5.41, 5.74) is 7.87. The second-order valence-corrected chi connectivity index (χ2v) is 5.84. The van der Waals surface area contributed by atoms with Crippen LogP contribution < -0.4 is 5.73 Å². The van der Waals surface area contributed by atoms with E-state index >= 15 is 0 Å². The summed E-state index contributed by atoms with van der Waals surface area (Å²) in [6.45, 7) is 1.55. The van der Waals surface area contributed by atoms with Crippen molar-refractivity contribution in [2.75, 3.05) is 13.6 Å². The van der Waals surface area contributed by atoms with Crippen LogP contribution in [0.1, 0.15) is 18.5 Å². The number of pyridine rings is 1. The van der Waals surface area contributed by atoms with Gasteiger partial charge in [0, 0.05) is 31.5 Å². The second kappa shape index (κ2) is 7.65. The quantitative estimate of drug-likeness (QED) is 0.901. The van der Waals surface area contributed by atoms with Crippen molar-refractivity contribution in [2.45, 2.75) is 25.4 Å². The molecule has 1 aliphatic carbocycles. The van der Waals surface area contributed by atoms with Gasteiger partial charge < -0.3 is 10.1 Å². The predicted octanol–water partition coefficient (Wildman–Crippen LogP) is 3.00. The Morgan fingerprint density at radius 3 is 2.71 bits per heavy atom. The maximum atomic E-state index is 5.98. The molecule has 0 spiro atoms. The van der Waals surface area contributed by atoms with Crippen molar-refractivity contribution < 1.29 is 0 Å². The molecule has 0 saturated heterocycles. The van der Waals surface area contributed by atoms with Gasteiger partial charge in [-0.25, -0.2) is 4.98 Å². The zero-order valence-electron chi connectivity index (χ0n) is 11.9. The fraction of sp³-hybridized carbons (Fsp3) is 0.500. The van der Waals surface area contributed by atoms with Gasteiger partial charge in [-0.3, -0.25) is 4.90 Å². The minimum atomic E-state index is 0. The van der Waals surface area contributed by atoms with Crippen molar-refractivity contribution >= 4 is 42.1 Å². The standard InChI is InChI=1S/C14H19ClN4.2ClH/c1-18(13(6-16)10-2-3-10)8-12-9-19-7-11(15)4-5-14(19)17-12;;/h4-5,7,9-10,13H,2-3,6,8,16H2,1H3;2*1H. The Balaban J connectivity index is 0.00000110. The van der Waals surface area contributed by atoms with Gasteiger partial charge in [-0.1, -0.05) is 11.6 Å². The Labute approximate surface area is 142 Å². The van der Waals surface area contributed by atoms with E-state index in [2.05, 4.69) is 16.9 Å². The van der Waals surface area contributed by atoms with E-state index < -0.39 is 0 Å². The first-order valence-electron chi connectivity index (χ1n) is 6.71. The number of rotatable bonds is 5. The molecule has 0 aromatic carbocycles. The molecule has 0 aliphatic heterocycles. The SMILES string of the molecule is CN(Cc1cn2cc(Cl)ccc2n1)C(CN)C1CC1.Cl.Cl. The third kappa shape index (κ3) is 4.24. The first-order valence-corrected chi connectivity index (χ1v) is 7.08. The molecule has 4 nitrogen and oxygen atoms in total. The maximum Gasteiger partial charge on any atom is 0.137 e. The smallest absolute Gasteiger partial charge is 0.137 e. The highest BCUT2D eigenvalue weighted by Crippen LogP contribution is 2.34. The van der Waals surface area contributed by atoms with Crippen molar-refractivity contribution in [2.24, 2.45) is 11.7 Å². The van der Waals surface area contributed by atoms with Crippen molar-refractivity contribution in [1.29, 1.82) is 0 Å². The van der Waals surface area contributed by atoms with Crippen LogP contribution in [0.25, 0.3) is 5.65 Å². The molecule has 21 heavy (non-hydrogen) atoms. The van der Waals surface area contributed by atoms with Crippen molar-refractivity contribution in [3.8, 4) is 0 Å². The maximum absolute atomic E-state index is 5.98. The number of halogens is 3. The summed E-state index contributed by atoms with van der Waals surface area (Å²) < 4.78 is 1.97. The van der Waals surface area contributed by atoms with E-state index in [1.54, 1.807) is 0 Å². The van der Waals surface area contributed by atoms with Crippen LogP contribution in [0, 0.1) is 5.92 Å². The van der Waals surface area contributed by atoms with Gasteiger partial charge in [-0.15, -0.1) is 24.8 Å². The zero-order chi connectivity index (χ0) is 13.4. The van der Waals surface area contributed by atoms with Crippen molar-refractivity contribution in [1.82, 2.24) is 14.3 Å². The topological polar surface area (TPSA) is 46.6 Å². The molecule has 1 unspecified atom stereocenters. The number of hydrogen-bond acceptors (Lipinski definition) is 3. The average Bonchev–Trinajstić information content (AvgIpc) is 3.11. The molecule has 2 heterocycles. The summed E-state index contributed by atoms with van der Waals surface area (Å²) in [6, 6.07) is 4.28. The molecule has 7 heteroatoms. The monoisotopic (exact) mass is 350 g/mol. The highest BCUT2D eigenvalue weighted by atomic mass is 35.5. The predicted molar refractivity (Wildman–Crippen MR) is 91.7 cm³/mol. The molecular weight excluding hydrogens is 331 g/mol. The zero-order valence-corrected chi connectivity index (χ0v) is 14.3. The van der Waals surface area contributed by atoms with E-state index in [0.717, 1.165) is 35.4 Å². The lowest BCUT2D eigenvalue weighted by atomic mass is 10.1. The van der Waals surface area contributed by atoms with Gasteiger partial charge in [0.1, 0.15) is 5.65 Å². The molecule has 3 rings (SSSR count). The fourth-order valence-electron chi connectivity index (χ4n) is 2.68. The van der Waals surface area contributed by atoms with Gasteiger partial charge in [0.25, 0.3) is 0 Å². The molecule has 0 amide bonds. The molecule has 118 valence electrons. The largest absolute Gasteiger partial charge is 0.329 e. The number of imidazole rings is 1. The van der Waals surface area contributed by atoms with Gasteiger partial charge in [0.05, 0.1) is 10.7 Å². The summed E-state index contributed by atoms with van der Waals surface area (Å²) in [6.07, 6.45) is 6.55. The second-order valence-electron chi connectivity index (χ2n) is 5.40. The highest BCUT2D eigenvalue weighted by molar-refractivity contribution is 6.30. The Morgan fingerprint density at radius 1 is 1.38 bits per heavy atom. The molecule has 1 atom stereocenters. The highest BCUT2D eigenvalue weighted by Gasteiger charge is 2.32. The van der Waals surface area contributed by atoms with E-state index in [9.17, 15) is 0 Å². The van der Waals surface area contributed by atoms with Crippen LogP contribution in [0.5, 0.6) is 0 Å². The van der Waals surface area contributed by atoms with Crippen LogP contribution >= 0.6 is 36.4 Å². The summed E-state index contributed by atoms with van der Waals surface area (Å²) in [5, 5.41) is 0.725. The number of nitrogens with two attached hydrogens (primary N) is 1. The lowest BCUT2D eigenvalue weighted by molar-refractivity contribution is 0.213. The summed E-state index contributed by atoms with van der Waals surface area (Å²) in [5.74, 6) is 0.779. The van der Waals surface area contributed by atoms with Gasteiger partial charge >= 0.3 is 0 Å². The normalized spacial score (nSPS) is 15.6. The van der Waals surface area contributed by atoms with Gasteiger partial charge in [-0.2, -0.15) is 0 Å². The Kier molecular flexibility index (Phi) is 6.75. The van der Waals surface area contributed by atoms with Crippen LogP contribution in [0.3, 0.4) is 0 Å². The third-order valence-electron chi connectivity index (χ3n) is 3.85. The van der Waals surface area contributed by atoms with Crippen LogP contribution in [0.15, 0.2) is 24.5 Å². The number of likely N-dealkylation sites (N-methyl/N-ethyl adjacent to an activating group) is 1. The molecule has 1 aliphatic rings. The Morgan fingerprint density at radius 2 is 2.10 bits per heavy atom. The molecule has 2 aromatic heterocycles. The lowest BCUT2D eigenvalue weighted by Gasteiger charge is -2.25. The molecule has 2 aromatic rings. The molecule has 0 radical (unpaired) electrons. The van der Waals surface area contributed by atoms with Gasteiger partial charge in [0.2, 0.25) is 0 Å². The molecule has 1 fully saturated rings. The third-order valence-corrected chi connectivity index (χ3v) is 4.07. The van der Waals surface area contributed by atoms with E-state index in [-0.39, 0.29) is 24.8 Å². The van der Waals surface area contributed by atoms with E-state index in [1.807, 2.05) is 28.9 Å². The summed E-state index contributed by atoms with van der Waals surface area (Å²) in [4.78, 5) is 6.93. The van der Waals surface area contributed by atoms with Crippen molar-refractivity contribution in [3.05, 3.63) is 35.2 Å². The van der Waals surface area contributed by atoms with Crippen LogP contribution in [-0.2, 0) is 6.54 Å². The Hall–Kier alpha value is -0.520. The molecule has 0 bridgehead atoms. The van der Waals surface area contributed by atoms with Crippen molar-refractivity contribution in [3.63, 3.8) is 0 Å². The van der Waals surface area contributed by atoms with Gasteiger partial charge in [0.15, 0.2) is 0 Å². The Bertz CT molecular complexity index is 583. The molecule has 2 N–H and O–H groups in total. The average molecular weight is 352 g/mol. The molecular formula is C14H21Cl3N4. The van der Waals surface area contributed by atoms with E-state index in [1.165, 1.54) is 12.8 Å². The van der Waals surface area contributed by atoms with E-state index in [4.69, 9.17) is 17.3 Å². The minimum absolute atomic E-state index is 0. The first-order chi connectivity index (χ1) is 9.17. The van der Waals surface area contributed by atoms with E-state index in [0.29, 0.717) is 6.04 Å². The first kappa shape index (κ1) is 18.5. The number of nitrogens with zero attached hydrogens (tertiary/aromatic N) is 3. The van der Waals surface area contributed by atoms with Crippen LogP contribution in [0.2, 0.25) is 5.02 Å². The number of aromatic nitrogens is 2. The minimum Gasteiger partial charge on any atom is -0.329 e. The lowest BCUT2D eigenvalue weighted by Crippen LogP contribution is -2.39. The van der Waals surface area contributed by atoms with Gasteiger partial charge in [-0.05, 0) is 37.9 Å². The summed E-state index contributed by atoms with van der Waals surface area (Å²) in [7, 11) is 2.13.